The second-order valence-corrected chi connectivity index (χ2v) is 4.81. The molecule has 0 atom stereocenters. The Morgan fingerprint density at radius 2 is 1.92 bits per heavy atom. The van der Waals surface area contributed by atoms with Crippen LogP contribution in [0.5, 0.6) is 11.5 Å². The Balaban J connectivity index is 2.47. The molecular formula is C16H15F2NO6. The van der Waals surface area contributed by atoms with Crippen molar-refractivity contribution >= 4 is 17.6 Å². The van der Waals surface area contributed by atoms with Crippen molar-refractivity contribution in [2.24, 2.45) is 0 Å². The summed E-state index contributed by atoms with van der Waals surface area (Å²) in [6, 6.07) is 3.76. The van der Waals surface area contributed by atoms with Crippen LogP contribution in [0.25, 0.3) is 0 Å². The van der Waals surface area contributed by atoms with Crippen LogP contribution in [0.15, 0.2) is 28.9 Å². The van der Waals surface area contributed by atoms with E-state index >= 15 is 0 Å². The Kier molecular flexibility index (Phi) is 5.58. The van der Waals surface area contributed by atoms with Crippen LogP contribution in [-0.4, -0.2) is 32.7 Å². The lowest BCUT2D eigenvalue weighted by atomic mass is 10.1. The van der Waals surface area contributed by atoms with Crippen LogP contribution in [0.4, 0.5) is 14.5 Å². The van der Waals surface area contributed by atoms with Crippen molar-refractivity contribution < 1.29 is 37.0 Å². The average molecular weight is 355 g/mol. The van der Waals surface area contributed by atoms with Gasteiger partial charge < -0.3 is 23.9 Å². The lowest BCUT2D eigenvalue weighted by Gasteiger charge is -2.15. The van der Waals surface area contributed by atoms with Gasteiger partial charge in [0.05, 0.1) is 31.7 Å². The summed E-state index contributed by atoms with van der Waals surface area (Å²) in [4.78, 5) is 24.2. The number of hydrogen-bond acceptors (Lipinski definition) is 6. The SMILES string of the molecule is COC(=O)c1cc(OC)c(OC(F)F)cc1NC(=O)c1occc1C. The average Bonchev–Trinajstić information content (AvgIpc) is 3.00. The van der Waals surface area contributed by atoms with Crippen molar-refractivity contribution in [2.45, 2.75) is 13.5 Å². The van der Waals surface area contributed by atoms with Crippen molar-refractivity contribution in [2.75, 3.05) is 19.5 Å². The first-order valence-corrected chi connectivity index (χ1v) is 6.98. The predicted molar refractivity (Wildman–Crippen MR) is 82.4 cm³/mol. The number of halogens is 2. The number of anilines is 1. The second kappa shape index (κ2) is 7.65. The van der Waals surface area contributed by atoms with E-state index in [9.17, 15) is 18.4 Å². The van der Waals surface area contributed by atoms with Crippen LogP contribution in [-0.2, 0) is 4.74 Å². The first kappa shape index (κ1) is 18.2. The number of carbonyl (C=O) groups is 2. The summed E-state index contributed by atoms with van der Waals surface area (Å²) in [6.07, 6.45) is 1.32. The quantitative estimate of drug-likeness (QED) is 0.801. The first-order chi connectivity index (χ1) is 11.9. The van der Waals surface area contributed by atoms with Gasteiger partial charge in [-0.1, -0.05) is 0 Å². The Morgan fingerprint density at radius 3 is 2.44 bits per heavy atom. The normalized spacial score (nSPS) is 10.5. The molecule has 2 aromatic rings. The number of ether oxygens (including phenoxy) is 3. The van der Waals surface area contributed by atoms with Gasteiger partial charge in [-0.3, -0.25) is 4.79 Å². The van der Waals surface area contributed by atoms with Crippen LogP contribution in [0.2, 0.25) is 0 Å². The van der Waals surface area contributed by atoms with Crippen molar-refractivity contribution in [1.82, 2.24) is 0 Å². The maximum Gasteiger partial charge on any atom is 0.387 e. The predicted octanol–water partition coefficient (Wildman–Crippen LogP) is 3.24. The molecule has 0 saturated carbocycles. The highest BCUT2D eigenvalue weighted by molar-refractivity contribution is 6.07. The second-order valence-electron chi connectivity index (χ2n) is 4.81. The van der Waals surface area contributed by atoms with Gasteiger partial charge in [-0.25, -0.2) is 4.79 Å². The zero-order valence-corrected chi connectivity index (χ0v) is 13.6. The van der Waals surface area contributed by atoms with Gasteiger partial charge in [0.1, 0.15) is 0 Å². The van der Waals surface area contributed by atoms with Crippen molar-refractivity contribution in [3.63, 3.8) is 0 Å². The Labute approximate surface area is 141 Å². The molecule has 9 heteroatoms. The van der Waals surface area contributed by atoms with Gasteiger partial charge in [-0.15, -0.1) is 0 Å². The monoisotopic (exact) mass is 355 g/mol. The maximum atomic E-state index is 12.6. The van der Waals surface area contributed by atoms with E-state index in [-0.39, 0.29) is 28.5 Å². The molecule has 1 aromatic heterocycles. The fourth-order valence-electron chi connectivity index (χ4n) is 2.07. The molecule has 134 valence electrons. The van der Waals surface area contributed by atoms with Gasteiger partial charge in [0.25, 0.3) is 5.91 Å². The molecule has 7 nitrogen and oxygen atoms in total. The van der Waals surface area contributed by atoms with E-state index in [0.29, 0.717) is 5.56 Å². The number of rotatable bonds is 6. The van der Waals surface area contributed by atoms with Crippen LogP contribution in [0.3, 0.4) is 0 Å². The number of benzene rings is 1. The minimum atomic E-state index is -3.12. The fourth-order valence-corrected chi connectivity index (χ4v) is 2.07. The number of nitrogens with one attached hydrogen (secondary N) is 1. The van der Waals surface area contributed by atoms with Crippen molar-refractivity contribution in [1.29, 1.82) is 0 Å². The molecule has 1 amide bonds. The highest BCUT2D eigenvalue weighted by Gasteiger charge is 2.22. The number of amides is 1. The third kappa shape index (κ3) is 4.06. The summed E-state index contributed by atoms with van der Waals surface area (Å²) < 4.78 is 44.1. The summed E-state index contributed by atoms with van der Waals surface area (Å²) in [5.74, 6) is -1.92. The minimum Gasteiger partial charge on any atom is -0.493 e. The molecule has 0 bridgehead atoms. The molecule has 0 spiro atoms. The van der Waals surface area contributed by atoms with E-state index in [1.54, 1.807) is 13.0 Å². The largest absolute Gasteiger partial charge is 0.493 e. The van der Waals surface area contributed by atoms with Crippen LogP contribution in [0, 0.1) is 6.92 Å². The molecular weight excluding hydrogens is 340 g/mol. The van der Waals surface area contributed by atoms with Gasteiger partial charge in [-0.05, 0) is 13.0 Å². The Morgan fingerprint density at radius 1 is 1.20 bits per heavy atom. The molecule has 25 heavy (non-hydrogen) atoms. The standard InChI is InChI=1S/C16H15F2NO6/c1-8-4-5-24-13(8)14(20)19-10-7-12(25-16(17)18)11(22-2)6-9(10)15(21)23-3/h4-7,16H,1-3H3,(H,19,20). The van der Waals surface area contributed by atoms with Gasteiger partial charge in [0.2, 0.25) is 0 Å². The number of aryl methyl sites for hydroxylation is 1. The van der Waals surface area contributed by atoms with Crippen LogP contribution < -0.4 is 14.8 Å². The van der Waals surface area contributed by atoms with Gasteiger partial charge in [0.15, 0.2) is 17.3 Å². The zero-order valence-electron chi connectivity index (χ0n) is 13.6. The number of hydrogen-bond donors (Lipinski definition) is 1. The number of carbonyl (C=O) groups excluding carboxylic acids is 2. The van der Waals surface area contributed by atoms with Crippen LogP contribution in [0.1, 0.15) is 26.5 Å². The third-order valence-corrected chi connectivity index (χ3v) is 3.24. The zero-order chi connectivity index (χ0) is 18.6. The summed E-state index contributed by atoms with van der Waals surface area (Å²) in [5, 5.41) is 2.42. The Hall–Kier alpha value is -3.10. The lowest BCUT2D eigenvalue weighted by Crippen LogP contribution is -2.16. The smallest absolute Gasteiger partial charge is 0.387 e. The molecule has 1 N–H and O–H groups in total. The first-order valence-electron chi connectivity index (χ1n) is 6.98. The van der Waals surface area contributed by atoms with E-state index in [4.69, 9.17) is 9.15 Å². The molecule has 1 aromatic carbocycles. The number of methoxy groups -OCH3 is 2. The molecule has 0 fully saturated rings. The number of esters is 1. The van der Waals surface area contributed by atoms with Gasteiger partial charge >= 0.3 is 12.6 Å². The summed E-state index contributed by atoms with van der Waals surface area (Å²) >= 11 is 0. The van der Waals surface area contributed by atoms with E-state index < -0.39 is 18.5 Å². The minimum absolute atomic E-state index is 0.0166. The topological polar surface area (TPSA) is 87.0 Å². The summed E-state index contributed by atoms with van der Waals surface area (Å²) in [5.41, 5.74) is 0.373. The molecule has 2 rings (SSSR count). The van der Waals surface area contributed by atoms with Crippen molar-refractivity contribution in [3.05, 3.63) is 41.3 Å². The van der Waals surface area contributed by atoms with Crippen LogP contribution >= 0.6 is 0 Å². The maximum absolute atomic E-state index is 12.6. The molecule has 1 heterocycles. The summed E-state index contributed by atoms with van der Waals surface area (Å²) in [7, 11) is 2.36. The van der Waals surface area contributed by atoms with E-state index in [1.165, 1.54) is 13.4 Å². The molecule has 0 aliphatic rings. The number of alkyl halides is 2. The van der Waals surface area contributed by atoms with E-state index in [2.05, 4.69) is 14.8 Å². The van der Waals surface area contributed by atoms with Crippen molar-refractivity contribution in [3.8, 4) is 11.5 Å². The van der Waals surface area contributed by atoms with E-state index in [1.807, 2.05) is 0 Å². The highest BCUT2D eigenvalue weighted by atomic mass is 19.3. The number of furan rings is 1. The molecule has 0 unspecified atom stereocenters. The molecule has 0 aliphatic carbocycles. The third-order valence-electron chi connectivity index (χ3n) is 3.24. The van der Waals surface area contributed by atoms with E-state index in [0.717, 1.165) is 19.2 Å². The van der Waals surface area contributed by atoms with Gasteiger partial charge in [-0.2, -0.15) is 8.78 Å². The Bertz CT molecular complexity index is 787. The molecule has 0 aliphatic heterocycles. The van der Waals surface area contributed by atoms with Gasteiger partial charge in [0, 0.05) is 17.7 Å². The highest BCUT2D eigenvalue weighted by Crippen LogP contribution is 2.35. The molecule has 0 radical (unpaired) electrons. The lowest BCUT2D eigenvalue weighted by molar-refractivity contribution is -0.0511. The fraction of sp³-hybridized carbons (Fsp3) is 0.250. The molecule has 0 saturated heterocycles. The summed E-state index contributed by atoms with van der Waals surface area (Å²) in [6.45, 7) is -1.47.